The molecular weight excluding hydrogens is 380 g/mol. The van der Waals surface area contributed by atoms with Gasteiger partial charge in [0.1, 0.15) is 12.2 Å². The summed E-state index contributed by atoms with van der Waals surface area (Å²) in [7, 11) is 0. The van der Waals surface area contributed by atoms with E-state index in [1.165, 1.54) is 6.07 Å². The van der Waals surface area contributed by atoms with Gasteiger partial charge in [-0.1, -0.05) is 23.7 Å². The van der Waals surface area contributed by atoms with E-state index >= 15 is 0 Å². The van der Waals surface area contributed by atoms with Crippen LogP contribution < -0.4 is 5.63 Å². The number of carbonyl (C=O) groups is 2. The standard InChI is InChI=1S/C22H19ClO5/c1-13-3-8-18-16(11-21(26)28-22(18)14(13)2)12-27-20(25)10-9-19(24)15-4-6-17(23)7-5-15/h3-8,11H,9-10,12H2,1-2H3. The summed E-state index contributed by atoms with van der Waals surface area (Å²) < 4.78 is 10.6. The molecule has 2 aromatic carbocycles. The van der Waals surface area contributed by atoms with Crippen molar-refractivity contribution in [3.05, 3.63) is 80.2 Å². The molecule has 0 saturated carbocycles. The molecule has 28 heavy (non-hydrogen) atoms. The fraction of sp³-hybridized carbons (Fsp3) is 0.227. The predicted octanol–water partition coefficient (Wildman–Crippen LogP) is 4.77. The minimum absolute atomic E-state index is 0.0381. The minimum atomic E-state index is -0.507. The van der Waals surface area contributed by atoms with Crippen LogP contribution in [-0.4, -0.2) is 11.8 Å². The Morgan fingerprint density at radius 2 is 1.75 bits per heavy atom. The number of carbonyl (C=O) groups excluding carboxylic acids is 2. The van der Waals surface area contributed by atoms with Crippen molar-refractivity contribution in [3.63, 3.8) is 0 Å². The molecule has 0 atom stereocenters. The van der Waals surface area contributed by atoms with Crippen LogP contribution in [0.4, 0.5) is 0 Å². The number of ketones is 1. The number of hydrogen-bond donors (Lipinski definition) is 0. The van der Waals surface area contributed by atoms with Crippen LogP contribution >= 0.6 is 11.6 Å². The monoisotopic (exact) mass is 398 g/mol. The van der Waals surface area contributed by atoms with E-state index < -0.39 is 11.6 Å². The molecule has 3 rings (SSSR count). The summed E-state index contributed by atoms with van der Waals surface area (Å²) in [5.41, 5.74) is 2.95. The normalized spacial score (nSPS) is 10.8. The largest absolute Gasteiger partial charge is 0.461 e. The van der Waals surface area contributed by atoms with Crippen molar-refractivity contribution in [2.75, 3.05) is 0 Å². The summed E-state index contributed by atoms with van der Waals surface area (Å²) in [5, 5.41) is 1.27. The number of fused-ring (bicyclic) bond motifs is 1. The van der Waals surface area contributed by atoms with Gasteiger partial charge in [-0.15, -0.1) is 0 Å². The van der Waals surface area contributed by atoms with Gasteiger partial charge in [0.15, 0.2) is 5.78 Å². The zero-order valence-corrected chi connectivity index (χ0v) is 16.3. The van der Waals surface area contributed by atoms with E-state index in [1.807, 2.05) is 26.0 Å². The van der Waals surface area contributed by atoms with Crippen molar-refractivity contribution in [1.82, 2.24) is 0 Å². The molecule has 1 heterocycles. The van der Waals surface area contributed by atoms with Crippen LogP contribution in [0.15, 0.2) is 51.7 Å². The van der Waals surface area contributed by atoms with E-state index in [-0.39, 0.29) is 25.2 Å². The highest BCUT2D eigenvalue weighted by atomic mass is 35.5. The van der Waals surface area contributed by atoms with Crippen LogP contribution in [0.2, 0.25) is 5.02 Å². The second kappa shape index (κ2) is 8.40. The maximum Gasteiger partial charge on any atom is 0.336 e. The first kappa shape index (κ1) is 19.8. The van der Waals surface area contributed by atoms with Gasteiger partial charge in [0, 0.05) is 34.0 Å². The van der Waals surface area contributed by atoms with Crippen molar-refractivity contribution < 1.29 is 18.7 Å². The lowest BCUT2D eigenvalue weighted by molar-refractivity contribution is -0.144. The van der Waals surface area contributed by atoms with Gasteiger partial charge in [-0.25, -0.2) is 4.79 Å². The Balaban J connectivity index is 1.65. The summed E-state index contributed by atoms with van der Waals surface area (Å²) in [4.78, 5) is 36.0. The lowest BCUT2D eigenvalue weighted by Gasteiger charge is -2.09. The number of ether oxygens (including phenoxy) is 1. The molecule has 0 aliphatic heterocycles. The maximum atomic E-state index is 12.1. The first-order valence-corrected chi connectivity index (χ1v) is 9.20. The molecule has 144 valence electrons. The molecule has 5 nitrogen and oxygen atoms in total. The van der Waals surface area contributed by atoms with Gasteiger partial charge in [-0.3, -0.25) is 9.59 Å². The van der Waals surface area contributed by atoms with E-state index in [0.29, 0.717) is 21.7 Å². The second-order valence-electron chi connectivity index (χ2n) is 6.57. The van der Waals surface area contributed by atoms with E-state index in [2.05, 4.69) is 0 Å². The molecule has 0 spiro atoms. The van der Waals surface area contributed by atoms with Gasteiger partial charge in [0.25, 0.3) is 0 Å². The van der Waals surface area contributed by atoms with Crippen LogP contribution in [0.5, 0.6) is 0 Å². The van der Waals surface area contributed by atoms with Crippen LogP contribution in [0, 0.1) is 13.8 Å². The Morgan fingerprint density at radius 1 is 1.04 bits per heavy atom. The Hall–Kier alpha value is -2.92. The molecule has 0 unspecified atom stereocenters. The van der Waals surface area contributed by atoms with Crippen LogP contribution in [-0.2, 0) is 16.1 Å². The highest BCUT2D eigenvalue weighted by Crippen LogP contribution is 2.23. The minimum Gasteiger partial charge on any atom is -0.461 e. The quantitative estimate of drug-likeness (QED) is 0.339. The van der Waals surface area contributed by atoms with Gasteiger partial charge in [0.05, 0.1) is 6.42 Å². The molecule has 0 N–H and O–H groups in total. The highest BCUT2D eigenvalue weighted by Gasteiger charge is 2.13. The Morgan fingerprint density at radius 3 is 2.46 bits per heavy atom. The Kier molecular flexibility index (Phi) is 5.95. The fourth-order valence-corrected chi connectivity index (χ4v) is 3.00. The molecule has 0 radical (unpaired) electrons. The van der Waals surface area contributed by atoms with Crippen molar-refractivity contribution in [2.45, 2.75) is 33.3 Å². The Labute approximate surface area is 166 Å². The lowest BCUT2D eigenvalue weighted by atomic mass is 10.0. The average molecular weight is 399 g/mol. The van der Waals surface area contributed by atoms with Crippen LogP contribution in [0.1, 0.15) is 39.9 Å². The SMILES string of the molecule is Cc1ccc2c(COC(=O)CCC(=O)c3ccc(Cl)cc3)cc(=O)oc2c1C. The number of rotatable bonds is 6. The number of Topliss-reactive ketones (excluding diaryl/α,β-unsaturated/α-hetero) is 1. The molecular formula is C22H19ClO5. The molecule has 0 aliphatic carbocycles. The van der Waals surface area contributed by atoms with Crippen molar-refractivity contribution in [2.24, 2.45) is 0 Å². The maximum absolute atomic E-state index is 12.1. The van der Waals surface area contributed by atoms with Gasteiger partial charge in [-0.2, -0.15) is 0 Å². The third-order valence-electron chi connectivity index (χ3n) is 4.63. The van der Waals surface area contributed by atoms with E-state index in [0.717, 1.165) is 16.5 Å². The third-order valence-corrected chi connectivity index (χ3v) is 4.88. The predicted molar refractivity (Wildman–Crippen MR) is 107 cm³/mol. The highest BCUT2D eigenvalue weighted by molar-refractivity contribution is 6.30. The summed E-state index contributed by atoms with van der Waals surface area (Å²) in [5.74, 6) is -0.668. The fourth-order valence-electron chi connectivity index (χ4n) is 2.87. The van der Waals surface area contributed by atoms with E-state index in [9.17, 15) is 14.4 Å². The van der Waals surface area contributed by atoms with Gasteiger partial charge >= 0.3 is 11.6 Å². The van der Waals surface area contributed by atoms with Crippen molar-refractivity contribution in [1.29, 1.82) is 0 Å². The zero-order chi connectivity index (χ0) is 20.3. The molecule has 0 amide bonds. The summed E-state index contributed by atoms with van der Waals surface area (Å²) in [6.07, 6.45) is -0.00455. The Bertz CT molecular complexity index is 1100. The molecule has 0 fully saturated rings. The molecule has 3 aromatic rings. The molecule has 0 aliphatic rings. The van der Waals surface area contributed by atoms with Gasteiger partial charge in [-0.05, 0) is 49.2 Å². The van der Waals surface area contributed by atoms with Crippen molar-refractivity contribution in [3.8, 4) is 0 Å². The topological polar surface area (TPSA) is 73.6 Å². The van der Waals surface area contributed by atoms with Crippen LogP contribution in [0.25, 0.3) is 11.0 Å². The van der Waals surface area contributed by atoms with E-state index in [4.69, 9.17) is 20.8 Å². The smallest absolute Gasteiger partial charge is 0.336 e. The average Bonchev–Trinajstić information content (AvgIpc) is 2.68. The molecule has 1 aromatic heterocycles. The summed E-state index contributed by atoms with van der Waals surface area (Å²) >= 11 is 5.80. The first-order valence-electron chi connectivity index (χ1n) is 8.82. The number of halogens is 1. The lowest BCUT2D eigenvalue weighted by Crippen LogP contribution is -2.10. The van der Waals surface area contributed by atoms with Crippen molar-refractivity contribution >= 4 is 34.3 Å². The number of aryl methyl sites for hydroxylation is 2. The summed E-state index contributed by atoms with van der Waals surface area (Å²) in [6.45, 7) is 3.75. The third kappa shape index (κ3) is 4.49. The number of esters is 1. The summed E-state index contributed by atoms with van der Waals surface area (Å²) in [6, 6.07) is 11.6. The second-order valence-corrected chi connectivity index (χ2v) is 7.00. The zero-order valence-electron chi connectivity index (χ0n) is 15.6. The number of hydrogen-bond acceptors (Lipinski definition) is 5. The van der Waals surface area contributed by atoms with E-state index in [1.54, 1.807) is 24.3 Å². The van der Waals surface area contributed by atoms with Gasteiger partial charge in [0.2, 0.25) is 0 Å². The molecule has 0 bridgehead atoms. The van der Waals surface area contributed by atoms with Crippen LogP contribution in [0.3, 0.4) is 0 Å². The first-order chi connectivity index (χ1) is 13.3. The van der Waals surface area contributed by atoms with Gasteiger partial charge < -0.3 is 9.15 Å². The number of benzene rings is 2. The molecule has 0 saturated heterocycles. The molecule has 6 heteroatoms.